The Kier molecular flexibility index (Phi) is 5.35. The fraction of sp³-hybridized carbons (Fsp3) is 0.533. The molecule has 0 radical (unpaired) electrons. The van der Waals surface area contributed by atoms with Gasteiger partial charge in [0.2, 0.25) is 0 Å². The minimum absolute atomic E-state index is 0.0282. The summed E-state index contributed by atoms with van der Waals surface area (Å²) in [4.78, 5) is 13.5. The first-order chi connectivity index (χ1) is 8.45. The van der Waals surface area contributed by atoms with Gasteiger partial charge in [-0.1, -0.05) is 13.3 Å². The van der Waals surface area contributed by atoms with Crippen LogP contribution < -0.4 is 0 Å². The number of hydrogen-bond acceptors (Lipinski definition) is 3. The van der Waals surface area contributed by atoms with E-state index >= 15 is 0 Å². The van der Waals surface area contributed by atoms with Gasteiger partial charge in [-0.15, -0.1) is 0 Å². The molecule has 1 aromatic rings. The summed E-state index contributed by atoms with van der Waals surface area (Å²) in [6.07, 6.45) is 2.27. The van der Waals surface area contributed by atoms with Crippen LogP contribution >= 0.6 is 0 Å². The molecule has 1 atom stereocenters. The van der Waals surface area contributed by atoms with Crippen LogP contribution in [0.15, 0.2) is 18.2 Å². The Morgan fingerprint density at radius 3 is 2.67 bits per heavy atom. The van der Waals surface area contributed by atoms with Gasteiger partial charge in [0, 0.05) is 23.7 Å². The van der Waals surface area contributed by atoms with Gasteiger partial charge >= 0.3 is 0 Å². The summed E-state index contributed by atoms with van der Waals surface area (Å²) in [5, 5.41) is 9.84. The number of rotatable bonds is 6. The van der Waals surface area contributed by atoms with Crippen LogP contribution in [0.2, 0.25) is 0 Å². The van der Waals surface area contributed by atoms with E-state index < -0.39 is 0 Å². The van der Waals surface area contributed by atoms with Crippen LogP contribution in [0.1, 0.15) is 49.5 Å². The molecule has 0 aliphatic rings. The molecule has 0 saturated carbocycles. The van der Waals surface area contributed by atoms with Gasteiger partial charge in [0.05, 0.1) is 0 Å². The number of Topliss-reactive ketones (excluding diaryl/α,β-unsaturated/α-hetero) is 1. The van der Waals surface area contributed by atoms with Crippen molar-refractivity contribution in [2.45, 2.75) is 46.2 Å². The van der Waals surface area contributed by atoms with Gasteiger partial charge in [-0.2, -0.15) is 0 Å². The maximum absolute atomic E-state index is 11.3. The average Bonchev–Trinajstić information content (AvgIpc) is 2.31. The van der Waals surface area contributed by atoms with Gasteiger partial charge in [0.15, 0.2) is 5.78 Å². The third kappa shape index (κ3) is 3.84. The number of carbonyl (C=O) groups excluding carboxylic acids is 1. The molecule has 0 aromatic heterocycles. The summed E-state index contributed by atoms with van der Waals surface area (Å²) in [6, 6.07) is 5.52. The van der Waals surface area contributed by atoms with Gasteiger partial charge in [-0.05, 0) is 45.5 Å². The molecule has 0 saturated heterocycles. The maximum Gasteiger partial charge on any atom is 0.159 e. The number of hydrogen-bond donors (Lipinski definition) is 1. The molecule has 0 aliphatic carbocycles. The highest BCUT2D eigenvalue weighted by molar-refractivity contribution is 5.94. The number of benzene rings is 1. The molecule has 1 N–H and O–H groups in total. The second-order valence-corrected chi connectivity index (χ2v) is 4.95. The Morgan fingerprint density at radius 2 is 2.11 bits per heavy atom. The summed E-state index contributed by atoms with van der Waals surface area (Å²) in [6.45, 7) is 6.54. The van der Waals surface area contributed by atoms with E-state index in [0.29, 0.717) is 18.2 Å². The normalized spacial score (nSPS) is 12.7. The first-order valence-corrected chi connectivity index (χ1v) is 6.48. The fourth-order valence-corrected chi connectivity index (χ4v) is 1.99. The summed E-state index contributed by atoms with van der Waals surface area (Å²) in [5.41, 5.74) is 1.47. The van der Waals surface area contributed by atoms with Crippen molar-refractivity contribution in [2.75, 3.05) is 7.05 Å². The van der Waals surface area contributed by atoms with Crippen molar-refractivity contribution < 1.29 is 9.90 Å². The molecular weight excluding hydrogens is 226 g/mol. The predicted molar refractivity (Wildman–Crippen MR) is 73.9 cm³/mol. The second-order valence-electron chi connectivity index (χ2n) is 4.95. The van der Waals surface area contributed by atoms with Gasteiger partial charge in [0.1, 0.15) is 5.75 Å². The third-order valence-corrected chi connectivity index (χ3v) is 3.36. The van der Waals surface area contributed by atoms with E-state index in [1.165, 1.54) is 0 Å². The zero-order valence-electron chi connectivity index (χ0n) is 11.7. The van der Waals surface area contributed by atoms with Crippen LogP contribution in [0, 0.1) is 0 Å². The van der Waals surface area contributed by atoms with E-state index in [-0.39, 0.29) is 11.5 Å². The largest absolute Gasteiger partial charge is 0.508 e. The van der Waals surface area contributed by atoms with E-state index in [0.717, 1.165) is 18.4 Å². The molecule has 1 unspecified atom stereocenters. The van der Waals surface area contributed by atoms with Crippen LogP contribution in [-0.4, -0.2) is 28.9 Å². The van der Waals surface area contributed by atoms with Crippen LogP contribution in [0.25, 0.3) is 0 Å². The number of aromatic hydroxyl groups is 1. The quantitative estimate of drug-likeness (QED) is 0.787. The molecular formula is C15H23NO2. The van der Waals surface area contributed by atoms with Crippen molar-refractivity contribution in [1.29, 1.82) is 0 Å². The summed E-state index contributed by atoms with van der Waals surface area (Å²) >= 11 is 0. The number of nitrogens with zero attached hydrogens (tertiary/aromatic N) is 1. The smallest absolute Gasteiger partial charge is 0.159 e. The lowest BCUT2D eigenvalue weighted by Gasteiger charge is -2.24. The highest BCUT2D eigenvalue weighted by atomic mass is 16.3. The van der Waals surface area contributed by atoms with Crippen molar-refractivity contribution in [2.24, 2.45) is 0 Å². The third-order valence-electron chi connectivity index (χ3n) is 3.36. The number of carbonyl (C=O) groups is 1. The summed E-state index contributed by atoms with van der Waals surface area (Å²) in [7, 11) is 2.04. The lowest BCUT2D eigenvalue weighted by atomic mass is 10.1. The van der Waals surface area contributed by atoms with Crippen molar-refractivity contribution in [3.05, 3.63) is 29.3 Å². The Balaban J connectivity index is 2.83. The molecule has 0 amide bonds. The lowest BCUT2D eigenvalue weighted by Crippen LogP contribution is -2.28. The van der Waals surface area contributed by atoms with Crippen LogP contribution in [0.3, 0.4) is 0 Å². The van der Waals surface area contributed by atoms with E-state index in [1.807, 2.05) is 7.05 Å². The van der Waals surface area contributed by atoms with E-state index in [2.05, 4.69) is 18.7 Å². The topological polar surface area (TPSA) is 40.5 Å². The summed E-state index contributed by atoms with van der Waals surface area (Å²) < 4.78 is 0. The van der Waals surface area contributed by atoms with Crippen molar-refractivity contribution in [3.8, 4) is 5.75 Å². The molecule has 1 aromatic carbocycles. The zero-order chi connectivity index (χ0) is 13.7. The first-order valence-electron chi connectivity index (χ1n) is 6.48. The number of phenols is 1. The molecule has 3 heteroatoms. The predicted octanol–water partition coefficient (Wildman–Crippen LogP) is 3.22. The van der Waals surface area contributed by atoms with Crippen LogP contribution in [0.4, 0.5) is 0 Å². The van der Waals surface area contributed by atoms with Crippen LogP contribution in [0.5, 0.6) is 5.75 Å². The van der Waals surface area contributed by atoms with Gasteiger partial charge in [-0.25, -0.2) is 0 Å². The van der Waals surface area contributed by atoms with Crippen molar-refractivity contribution in [1.82, 2.24) is 4.90 Å². The molecule has 1 rings (SSSR count). The zero-order valence-corrected chi connectivity index (χ0v) is 11.7. The second kappa shape index (κ2) is 6.55. The minimum atomic E-state index is 0.0282. The number of ketones is 1. The van der Waals surface area contributed by atoms with Gasteiger partial charge in [0.25, 0.3) is 0 Å². The summed E-state index contributed by atoms with van der Waals surface area (Å²) in [5.74, 6) is 0.288. The Bertz CT molecular complexity index is 415. The standard InChI is InChI=1S/C15H23NO2/c1-5-6-11(2)16(4)10-14-9-13(12(3)17)7-8-15(14)18/h7-9,11,18H,5-6,10H2,1-4H3. The Labute approximate surface area is 109 Å². The molecule has 0 fully saturated rings. The van der Waals surface area contributed by atoms with Gasteiger partial charge in [-0.3, -0.25) is 9.69 Å². The number of phenolic OH excluding ortho intramolecular Hbond substituents is 1. The highest BCUT2D eigenvalue weighted by Crippen LogP contribution is 2.21. The molecule has 0 bridgehead atoms. The Morgan fingerprint density at radius 1 is 1.44 bits per heavy atom. The van der Waals surface area contributed by atoms with E-state index in [9.17, 15) is 9.90 Å². The van der Waals surface area contributed by atoms with Crippen molar-refractivity contribution in [3.63, 3.8) is 0 Å². The monoisotopic (exact) mass is 249 g/mol. The van der Waals surface area contributed by atoms with Gasteiger partial charge < -0.3 is 5.11 Å². The molecule has 0 aliphatic heterocycles. The molecule has 0 spiro atoms. The fourth-order valence-electron chi connectivity index (χ4n) is 1.99. The van der Waals surface area contributed by atoms with E-state index in [4.69, 9.17) is 0 Å². The SMILES string of the molecule is CCCC(C)N(C)Cc1cc(C(C)=O)ccc1O. The molecule has 0 heterocycles. The van der Waals surface area contributed by atoms with Crippen molar-refractivity contribution >= 4 is 5.78 Å². The molecule has 3 nitrogen and oxygen atoms in total. The molecule has 100 valence electrons. The van der Waals surface area contributed by atoms with Crippen LogP contribution in [-0.2, 0) is 6.54 Å². The minimum Gasteiger partial charge on any atom is -0.508 e. The molecule has 18 heavy (non-hydrogen) atoms. The van der Waals surface area contributed by atoms with E-state index in [1.54, 1.807) is 25.1 Å². The first kappa shape index (κ1) is 14.7. The highest BCUT2D eigenvalue weighted by Gasteiger charge is 2.12. The lowest BCUT2D eigenvalue weighted by molar-refractivity contribution is 0.101. The average molecular weight is 249 g/mol. The Hall–Kier alpha value is -1.35. The maximum atomic E-state index is 11.3.